The van der Waals surface area contributed by atoms with E-state index < -0.39 is 97.5 Å². The molecule has 3 N–H and O–H groups in total. The summed E-state index contributed by atoms with van der Waals surface area (Å²) in [6.07, 6.45) is 41.9. The van der Waals surface area contributed by atoms with Gasteiger partial charge in [-0.1, -0.05) is 293 Å². The first kappa shape index (κ1) is 87.1. The molecule has 0 radical (unpaired) electrons. The highest BCUT2D eigenvalue weighted by Crippen LogP contribution is 2.45. The minimum absolute atomic E-state index is 0.102. The number of aliphatic hydroxyl groups is 1. The first-order chi connectivity index (χ1) is 42.7. The summed E-state index contributed by atoms with van der Waals surface area (Å²) in [6, 6.07) is 0. The third kappa shape index (κ3) is 62.0. The summed E-state index contributed by atoms with van der Waals surface area (Å²) in [6.45, 7) is 14.0. The van der Waals surface area contributed by atoms with Crippen LogP contribution in [-0.4, -0.2) is 96.7 Å². The first-order valence-electron chi connectivity index (χ1n) is 36.3. The maximum absolute atomic E-state index is 13.0. The van der Waals surface area contributed by atoms with Crippen molar-refractivity contribution in [2.45, 2.75) is 363 Å². The first-order valence-corrected chi connectivity index (χ1v) is 39.3. The van der Waals surface area contributed by atoms with Crippen molar-refractivity contribution < 1.29 is 80.2 Å². The topological polar surface area (TPSA) is 237 Å². The molecule has 0 aliphatic rings. The van der Waals surface area contributed by atoms with E-state index in [-0.39, 0.29) is 25.7 Å². The Kier molecular flexibility index (Phi) is 58.5. The number of phosphoric acid groups is 2. The zero-order chi connectivity index (χ0) is 66.1. The molecule has 0 aromatic carbocycles. The zero-order valence-electron chi connectivity index (χ0n) is 58.1. The number of phosphoric ester groups is 2. The van der Waals surface area contributed by atoms with Crippen LogP contribution < -0.4 is 0 Å². The quantitative estimate of drug-likeness (QED) is 0.0222. The fraction of sp³-hybridized carbons (Fsp3) is 0.943. The fourth-order valence-corrected chi connectivity index (χ4v) is 12.0. The Morgan fingerprint density at radius 2 is 0.539 bits per heavy atom. The Morgan fingerprint density at radius 1 is 0.315 bits per heavy atom. The van der Waals surface area contributed by atoms with Crippen LogP contribution in [0.2, 0.25) is 0 Å². The molecule has 0 bridgehead atoms. The number of carbonyl (C=O) groups is 4. The molecule has 0 fully saturated rings. The van der Waals surface area contributed by atoms with Gasteiger partial charge in [-0.2, -0.15) is 0 Å². The van der Waals surface area contributed by atoms with Gasteiger partial charge in [0.15, 0.2) is 12.2 Å². The van der Waals surface area contributed by atoms with Crippen LogP contribution in [0.15, 0.2) is 0 Å². The Balaban J connectivity index is 5.19. The third-order valence-corrected chi connectivity index (χ3v) is 18.7. The van der Waals surface area contributed by atoms with E-state index in [0.29, 0.717) is 25.7 Å². The molecule has 0 amide bonds. The molecule has 89 heavy (non-hydrogen) atoms. The standard InChI is InChI=1S/C70H136O17P2/c1-9-62(7)48-40-32-26-28-36-44-52-69(74)86-65(56-80-67(72)50-42-34-24-19-17-15-13-11-12-14-16-18-22-30-38-46-60(3)4)58-84-88(76,77)82-54-64(71)55-83-89(78,79)85-59-66(87-70(75)53-45-37-29-27-33-41-49-63(8)10-2)57-81-68(73)51-43-35-25-21-20-23-31-39-47-61(5)6/h60-66,71H,9-59H2,1-8H3,(H,76,77)(H,78,79)/t62?,63?,64?,65-,66-/m1/s1. The molecule has 17 nitrogen and oxygen atoms in total. The van der Waals surface area contributed by atoms with Gasteiger partial charge in [-0.15, -0.1) is 0 Å². The summed E-state index contributed by atoms with van der Waals surface area (Å²) >= 11 is 0. The SMILES string of the molecule is CCC(C)CCCCCCCCC(=O)O[C@H](COC(=O)CCCCCCCCCCCCCCCCCC(C)C)COP(=O)(O)OCC(O)COP(=O)(O)OC[C@@H](COC(=O)CCCCCCCCCCC(C)C)OC(=O)CCCCCCCCC(C)CC. The summed E-state index contributed by atoms with van der Waals surface area (Å²) in [4.78, 5) is 72.5. The molecule has 0 aromatic rings. The van der Waals surface area contributed by atoms with Gasteiger partial charge in [-0.05, 0) is 49.4 Å². The molecule has 0 saturated carbocycles. The molecule has 0 saturated heterocycles. The average molecular weight is 1310 g/mol. The highest BCUT2D eigenvalue weighted by atomic mass is 31.2. The van der Waals surface area contributed by atoms with E-state index in [9.17, 15) is 43.2 Å². The molecular formula is C70H136O17P2. The van der Waals surface area contributed by atoms with Gasteiger partial charge in [0.2, 0.25) is 0 Å². The summed E-state index contributed by atoms with van der Waals surface area (Å²) in [5.41, 5.74) is 0. The van der Waals surface area contributed by atoms with E-state index in [1.165, 1.54) is 148 Å². The predicted molar refractivity (Wildman–Crippen MR) is 358 cm³/mol. The number of carbonyl (C=O) groups excluding carboxylic acids is 4. The van der Waals surface area contributed by atoms with E-state index in [4.69, 9.17) is 37.0 Å². The summed E-state index contributed by atoms with van der Waals surface area (Å²) in [5.74, 6) is 0.837. The van der Waals surface area contributed by atoms with Crippen molar-refractivity contribution >= 4 is 39.5 Å². The normalized spacial score (nSPS) is 14.9. The number of hydrogen-bond donors (Lipinski definition) is 3. The molecule has 0 heterocycles. The van der Waals surface area contributed by atoms with Crippen molar-refractivity contribution in [3.63, 3.8) is 0 Å². The molecule has 0 aliphatic carbocycles. The summed E-state index contributed by atoms with van der Waals surface area (Å²) < 4.78 is 68.2. The van der Waals surface area contributed by atoms with Crippen molar-refractivity contribution in [1.29, 1.82) is 0 Å². The van der Waals surface area contributed by atoms with Crippen LogP contribution in [0, 0.1) is 23.7 Å². The number of unbranched alkanes of at least 4 members (excludes halogenated alkanes) is 31. The molecule has 0 spiro atoms. The lowest BCUT2D eigenvalue weighted by Crippen LogP contribution is -2.30. The van der Waals surface area contributed by atoms with E-state index in [0.717, 1.165) is 114 Å². The van der Waals surface area contributed by atoms with Gasteiger partial charge in [0.05, 0.1) is 26.4 Å². The number of aliphatic hydroxyl groups excluding tert-OH is 1. The van der Waals surface area contributed by atoms with Gasteiger partial charge in [0, 0.05) is 25.7 Å². The highest BCUT2D eigenvalue weighted by molar-refractivity contribution is 7.47. The van der Waals surface area contributed by atoms with E-state index in [1.807, 2.05) is 0 Å². The minimum Gasteiger partial charge on any atom is -0.462 e. The Morgan fingerprint density at radius 3 is 0.798 bits per heavy atom. The van der Waals surface area contributed by atoms with Gasteiger partial charge in [-0.3, -0.25) is 37.3 Å². The lowest BCUT2D eigenvalue weighted by Gasteiger charge is -2.21. The van der Waals surface area contributed by atoms with Crippen LogP contribution in [0.1, 0.15) is 344 Å². The number of ether oxygens (including phenoxy) is 4. The van der Waals surface area contributed by atoms with Gasteiger partial charge < -0.3 is 33.8 Å². The smallest absolute Gasteiger partial charge is 0.462 e. The average Bonchev–Trinajstić information content (AvgIpc) is 3.71. The fourth-order valence-electron chi connectivity index (χ4n) is 10.4. The molecule has 0 aliphatic heterocycles. The predicted octanol–water partition coefficient (Wildman–Crippen LogP) is 19.7. The van der Waals surface area contributed by atoms with Crippen molar-refractivity contribution in [3.05, 3.63) is 0 Å². The van der Waals surface area contributed by atoms with E-state index in [2.05, 4.69) is 55.4 Å². The number of esters is 4. The van der Waals surface area contributed by atoms with Crippen LogP contribution in [0.5, 0.6) is 0 Å². The zero-order valence-corrected chi connectivity index (χ0v) is 59.8. The number of hydrogen-bond acceptors (Lipinski definition) is 15. The second-order valence-electron chi connectivity index (χ2n) is 26.7. The van der Waals surface area contributed by atoms with Gasteiger partial charge in [0.25, 0.3) is 0 Å². The van der Waals surface area contributed by atoms with Crippen LogP contribution >= 0.6 is 15.6 Å². The summed E-state index contributed by atoms with van der Waals surface area (Å²) in [5, 5.41) is 10.6. The van der Waals surface area contributed by atoms with Gasteiger partial charge in [-0.25, -0.2) is 9.13 Å². The molecule has 7 atom stereocenters. The largest absolute Gasteiger partial charge is 0.472 e. The molecule has 19 heteroatoms. The van der Waals surface area contributed by atoms with Crippen LogP contribution in [0.3, 0.4) is 0 Å². The summed E-state index contributed by atoms with van der Waals surface area (Å²) in [7, 11) is -9.90. The minimum atomic E-state index is -4.95. The maximum Gasteiger partial charge on any atom is 0.472 e. The van der Waals surface area contributed by atoms with Crippen molar-refractivity contribution in [2.75, 3.05) is 39.6 Å². The lowest BCUT2D eigenvalue weighted by molar-refractivity contribution is -0.161. The highest BCUT2D eigenvalue weighted by Gasteiger charge is 2.30. The third-order valence-electron chi connectivity index (χ3n) is 16.8. The van der Waals surface area contributed by atoms with Crippen molar-refractivity contribution in [2.24, 2.45) is 23.7 Å². The van der Waals surface area contributed by atoms with Crippen LogP contribution in [0.25, 0.3) is 0 Å². The Bertz CT molecular complexity index is 1770. The lowest BCUT2D eigenvalue weighted by atomic mass is 10.00. The maximum atomic E-state index is 13.0. The van der Waals surface area contributed by atoms with Gasteiger partial charge in [0.1, 0.15) is 19.3 Å². The molecule has 0 rings (SSSR count). The molecule has 5 unspecified atom stereocenters. The second-order valence-corrected chi connectivity index (χ2v) is 29.6. The van der Waals surface area contributed by atoms with Crippen molar-refractivity contribution in [1.82, 2.24) is 0 Å². The number of rotatable bonds is 67. The molecule has 0 aromatic heterocycles. The van der Waals surface area contributed by atoms with Crippen LogP contribution in [0.4, 0.5) is 0 Å². The second kappa shape index (κ2) is 59.8. The van der Waals surface area contributed by atoms with Crippen molar-refractivity contribution in [3.8, 4) is 0 Å². The van der Waals surface area contributed by atoms with Crippen LogP contribution in [-0.2, 0) is 65.4 Å². The van der Waals surface area contributed by atoms with Gasteiger partial charge >= 0.3 is 39.5 Å². The van der Waals surface area contributed by atoms with E-state index in [1.54, 1.807) is 0 Å². The van der Waals surface area contributed by atoms with E-state index >= 15 is 0 Å². The Labute approximate surface area is 543 Å². The molecular weight excluding hydrogens is 1170 g/mol. The Hall–Kier alpha value is -1.94. The monoisotopic (exact) mass is 1310 g/mol. The molecule has 528 valence electrons.